The fourth-order valence-corrected chi connectivity index (χ4v) is 3.61. The summed E-state index contributed by atoms with van der Waals surface area (Å²) in [6.07, 6.45) is 4.15. The Balaban J connectivity index is 3.83. The van der Waals surface area contributed by atoms with Crippen LogP contribution in [0.3, 0.4) is 0 Å². The van der Waals surface area contributed by atoms with Gasteiger partial charge in [-0.05, 0) is 25.8 Å². The van der Waals surface area contributed by atoms with Crippen molar-refractivity contribution in [3.8, 4) is 0 Å². The molecule has 8 heteroatoms. The van der Waals surface area contributed by atoms with Gasteiger partial charge in [0.05, 0.1) is 5.75 Å². The topological polar surface area (TPSA) is 89.5 Å². The minimum Gasteiger partial charge on any atom is -0.302 e. The second-order valence-electron chi connectivity index (χ2n) is 4.63. The van der Waals surface area contributed by atoms with Crippen LogP contribution in [-0.4, -0.2) is 35.0 Å². The highest BCUT2D eigenvalue weighted by molar-refractivity contribution is 7.99. The molecule has 0 amide bonds. The molecule has 6 nitrogen and oxygen atoms in total. The van der Waals surface area contributed by atoms with Crippen LogP contribution in [0.25, 0.3) is 0 Å². The van der Waals surface area contributed by atoms with Gasteiger partial charge in [0.2, 0.25) is 0 Å². The predicted octanol–water partition coefficient (Wildman–Crippen LogP) is 1.45. The molecule has 0 radical (unpaired) electrons. The number of hydrogen-bond acceptors (Lipinski definition) is 6. The highest BCUT2D eigenvalue weighted by Crippen LogP contribution is 2.10. The summed E-state index contributed by atoms with van der Waals surface area (Å²) in [5.41, 5.74) is 0. The predicted molar refractivity (Wildman–Crippen MR) is 75.6 cm³/mol. The van der Waals surface area contributed by atoms with Crippen molar-refractivity contribution < 1.29 is 20.5 Å². The molecule has 0 heterocycles. The van der Waals surface area contributed by atoms with Crippen molar-refractivity contribution in [2.75, 3.05) is 18.2 Å². The summed E-state index contributed by atoms with van der Waals surface area (Å²) in [6.45, 7) is 6.18. The van der Waals surface area contributed by atoms with Gasteiger partial charge in [0, 0.05) is 0 Å². The molecule has 0 saturated heterocycles. The number of rotatable bonds is 11. The molecule has 116 valence electrons. The zero-order valence-corrected chi connectivity index (χ0v) is 13.5. The van der Waals surface area contributed by atoms with Crippen molar-refractivity contribution in [3.63, 3.8) is 0 Å². The molecule has 0 rings (SSSR count). The summed E-state index contributed by atoms with van der Waals surface area (Å²) in [6, 6.07) is 0. The summed E-state index contributed by atoms with van der Waals surface area (Å²) in [5, 5.41) is 2.69. The van der Waals surface area contributed by atoms with Crippen molar-refractivity contribution in [2.45, 2.75) is 46.5 Å². The Morgan fingerprint density at radius 3 is 2.21 bits per heavy atom. The van der Waals surface area contributed by atoms with E-state index < -0.39 is 26.1 Å². The molecular formula is C11H25NO5S2. The SMILES string of the molecule is CC[C@@H](C)CCCCNCS(=O)(=O)OS(=O)(=O)CC. The summed E-state index contributed by atoms with van der Waals surface area (Å²) < 4.78 is 48.8. The van der Waals surface area contributed by atoms with E-state index in [9.17, 15) is 16.8 Å². The lowest BCUT2D eigenvalue weighted by molar-refractivity contribution is 0.454. The van der Waals surface area contributed by atoms with E-state index in [1.807, 2.05) is 0 Å². The third kappa shape index (κ3) is 10.3. The molecule has 0 fully saturated rings. The molecule has 0 aromatic carbocycles. The second kappa shape index (κ2) is 8.89. The smallest absolute Gasteiger partial charge is 0.295 e. The van der Waals surface area contributed by atoms with E-state index in [1.54, 1.807) is 0 Å². The Morgan fingerprint density at radius 2 is 1.68 bits per heavy atom. The molecule has 1 atom stereocenters. The van der Waals surface area contributed by atoms with Gasteiger partial charge in [0.15, 0.2) is 0 Å². The quantitative estimate of drug-likeness (QED) is 0.580. The van der Waals surface area contributed by atoms with E-state index in [-0.39, 0.29) is 5.75 Å². The van der Waals surface area contributed by atoms with Gasteiger partial charge in [-0.1, -0.05) is 33.1 Å². The first-order chi connectivity index (χ1) is 8.72. The largest absolute Gasteiger partial charge is 0.302 e. The summed E-state index contributed by atoms with van der Waals surface area (Å²) in [4.78, 5) is 0. The van der Waals surface area contributed by atoms with E-state index in [0.29, 0.717) is 12.5 Å². The molecule has 0 aliphatic carbocycles. The Kier molecular flexibility index (Phi) is 8.80. The van der Waals surface area contributed by atoms with Crippen LogP contribution >= 0.6 is 0 Å². The standard InChI is InChI=1S/C11H25NO5S2/c1-4-11(3)8-6-7-9-12-10-19(15,16)17-18(13,14)5-2/h11-12H,4-10H2,1-3H3/t11-/m1/s1. The number of unbranched alkanes of at least 4 members (excludes halogenated alkanes) is 1. The van der Waals surface area contributed by atoms with Crippen LogP contribution in [0, 0.1) is 5.92 Å². The van der Waals surface area contributed by atoms with Gasteiger partial charge < -0.3 is 5.32 Å². The van der Waals surface area contributed by atoms with Gasteiger partial charge in [-0.2, -0.15) is 16.8 Å². The maximum atomic E-state index is 11.3. The van der Waals surface area contributed by atoms with Crippen molar-refractivity contribution >= 4 is 20.2 Å². The Labute approximate surface area is 117 Å². The van der Waals surface area contributed by atoms with Gasteiger partial charge in [-0.15, -0.1) is 3.63 Å². The molecular weight excluding hydrogens is 290 g/mol. The van der Waals surface area contributed by atoms with E-state index in [4.69, 9.17) is 0 Å². The Morgan fingerprint density at radius 1 is 1.05 bits per heavy atom. The Hall–Kier alpha value is -0.180. The summed E-state index contributed by atoms with van der Waals surface area (Å²) in [7, 11) is -8.03. The van der Waals surface area contributed by atoms with E-state index in [1.165, 1.54) is 6.92 Å². The molecule has 0 spiro atoms. The lowest BCUT2D eigenvalue weighted by atomic mass is 10.0. The van der Waals surface area contributed by atoms with Crippen molar-refractivity contribution in [2.24, 2.45) is 5.92 Å². The van der Waals surface area contributed by atoms with Gasteiger partial charge in [-0.25, -0.2) is 0 Å². The van der Waals surface area contributed by atoms with E-state index in [2.05, 4.69) is 22.8 Å². The third-order valence-corrected chi connectivity index (χ3v) is 5.76. The zero-order valence-electron chi connectivity index (χ0n) is 11.9. The van der Waals surface area contributed by atoms with E-state index in [0.717, 1.165) is 25.7 Å². The minimum atomic E-state index is -4.06. The molecule has 0 saturated carbocycles. The maximum Gasteiger partial charge on any atom is 0.295 e. The van der Waals surface area contributed by atoms with Crippen molar-refractivity contribution in [1.82, 2.24) is 5.32 Å². The van der Waals surface area contributed by atoms with Crippen LogP contribution in [0.2, 0.25) is 0 Å². The van der Waals surface area contributed by atoms with Crippen LogP contribution in [0.1, 0.15) is 46.5 Å². The summed E-state index contributed by atoms with van der Waals surface area (Å²) >= 11 is 0. The minimum absolute atomic E-state index is 0.360. The number of hydrogen-bond donors (Lipinski definition) is 1. The van der Waals surface area contributed by atoms with Crippen LogP contribution < -0.4 is 5.32 Å². The molecule has 0 unspecified atom stereocenters. The average molecular weight is 315 g/mol. The Bertz CT molecular complexity index is 430. The first-order valence-electron chi connectivity index (χ1n) is 6.59. The van der Waals surface area contributed by atoms with Crippen molar-refractivity contribution in [3.05, 3.63) is 0 Å². The summed E-state index contributed by atoms with van der Waals surface area (Å²) in [5.74, 6) is -0.154. The normalized spacial score (nSPS) is 14.5. The van der Waals surface area contributed by atoms with Gasteiger partial charge >= 0.3 is 0 Å². The lowest BCUT2D eigenvalue weighted by Gasteiger charge is -2.08. The molecule has 0 aromatic rings. The fourth-order valence-electron chi connectivity index (χ4n) is 1.37. The van der Waals surface area contributed by atoms with Crippen LogP contribution in [-0.2, 0) is 23.9 Å². The van der Waals surface area contributed by atoms with Gasteiger partial charge in [-0.3, -0.25) is 0 Å². The molecule has 0 aromatic heterocycles. The molecule has 0 aliphatic heterocycles. The second-order valence-corrected chi connectivity index (χ2v) is 8.27. The van der Waals surface area contributed by atoms with Crippen LogP contribution in [0.15, 0.2) is 0 Å². The molecule has 0 aliphatic rings. The lowest BCUT2D eigenvalue weighted by Crippen LogP contribution is -2.28. The van der Waals surface area contributed by atoms with E-state index >= 15 is 0 Å². The first kappa shape index (κ1) is 18.8. The van der Waals surface area contributed by atoms with Crippen LogP contribution in [0.4, 0.5) is 0 Å². The van der Waals surface area contributed by atoms with Crippen molar-refractivity contribution in [1.29, 1.82) is 0 Å². The van der Waals surface area contributed by atoms with Gasteiger partial charge in [0.25, 0.3) is 20.2 Å². The molecule has 0 bridgehead atoms. The molecule has 19 heavy (non-hydrogen) atoms. The van der Waals surface area contributed by atoms with Crippen LogP contribution in [0.5, 0.6) is 0 Å². The molecule has 1 N–H and O–H groups in total. The number of nitrogens with one attached hydrogen (secondary N) is 1. The van der Waals surface area contributed by atoms with Gasteiger partial charge in [0.1, 0.15) is 5.88 Å². The fraction of sp³-hybridized carbons (Fsp3) is 1.00. The zero-order chi connectivity index (χ0) is 14.9. The third-order valence-electron chi connectivity index (χ3n) is 2.84. The maximum absolute atomic E-state index is 11.3. The highest BCUT2D eigenvalue weighted by Gasteiger charge is 2.20. The highest BCUT2D eigenvalue weighted by atomic mass is 32.3. The first-order valence-corrected chi connectivity index (χ1v) is 9.75. The monoisotopic (exact) mass is 315 g/mol. The average Bonchev–Trinajstić information content (AvgIpc) is 2.31.